The van der Waals surface area contributed by atoms with Crippen LogP contribution in [0.4, 0.5) is 10.1 Å². The first-order valence-electron chi connectivity index (χ1n) is 9.09. The van der Waals surface area contributed by atoms with Gasteiger partial charge in [0, 0.05) is 18.5 Å². The number of anilines is 1. The van der Waals surface area contributed by atoms with E-state index in [1.54, 1.807) is 25.3 Å². The standard InChI is InChI=1S/C21H24FN3O4/c1-14(2)29-18-9-4-15(12-19(18)28-3)13-23-25-21(27)11-10-20(26)24-17-7-5-16(22)6-8-17/h4-9,12-14H,10-11H2,1-3H3,(H,24,26)(H,25,27)/b23-13+. The maximum Gasteiger partial charge on any atom is 0.240 e. The number of halogens is 1. The summed E-state index contributed by atoms with van der Waals surface area (Å²) in [6, 6.07) is 10.7. The van der Waals surface area contributed by atoms with Gasteiger partial charge in [0.05, 0.1) is 19.4 Å². The van der Waals surface area contributed by atoms with Gasteiger partial charge in [-0.25, -0.2) is 9.82 Å². The highest BCUT2D eigenvalue weighted by molar-refractivity contribution is 5.93. The fraction of sp³-hybridized carbons (Fsp3) is 0.286. The SMILES string of the molecule is COc1cc(/C=N/NC(=O)CCC(=O)Nc2ccc(F)cc2)ccc1OC(C)C. The Labute approximate surface area is 168 Å². The molecule has 0 atom stereocenters. The van der Waals surface area contributed by atoms with Crippen molar-refractivity contribution in [1.29, 1.82) is 0 Å². The highest BCUT2D eigenvalue weighted by Crippen LogP contribution is 2.28. The minimum absolute atomic E-state index is 0.0166. The molecular weight excluding hydrogens is 377 g/mol. The van der Waals surface area contributed by atoms with E-state index in [4.69, 9.17) is 9.47 Å². The maximum atomic E-state index is 12.8. The zero-order valence-corrected chi connectivity index (χ0v) is 16.6. The Balaban J connectivity index is 1.80. The first-order chi connectivity index (χ1) is 13.9. The van der Waals surface area contributed by atoms with Crippen molar-refractivity contribution in [2.45, 2.75) is 32.8 Å². The van der Waals surface area contributed by atoms with Crippen LogP contribution in [0.5, 0.6) is 11.5 Å². The van der Waals surface area contributed by atoms with Gasteiger partial charge in [-0.1, -0.05) is 0 Å². The number of methoxy groups -OCH3 is 1. The van der Waals surface area contributed by atoms with E-state index in [1.165, 1.54) is 30.5 Å². The molecule has 0 fully saturated rings. The molecule has 29 heavy (non-hydrogen) atoms. The van der Waals surface area contributed by atoms with Crippen LogP contribution in [0.1, 0.15) is 32.3 Å². The van der Waals surface area contributed by atoms with Crippen molar-refractivity contribution in [2.24, 2.45) is 5.10 Å². The second-order valence-electron chi connectivity index (χ2n) is 6.43. The van der Waals surface area contributed by atoms with Gasteiger partial charge >= 0.3 is 0 Å². The van der Waals surface area contributed by atoms with E-state index in [2.05, 4.69) is 15.8 Å². The predicted molar refractivity (Wildman–Crippen MR) is 109 cm³/mol. The van der Waals surface area contributed by atoms with Crippen LogP contribution in [-0.2, 0) is 9.59 Å². The molecule has 8 heteroatoms. The molecule has 0 aromatic heterocycles. The molecule has 2 rings (SSSR count). The van der Waals surface area contributed by atoms with Crippen LogP contribution in [-0.4, -0.2) is 31.2 Å². The summed E-state index contributed by atoms with van der Waals surface area (Å²) in [5.74, 6) is 0.0469. The number of nitrogens with zero attached hydrogens (tertiary/aromatic N) is 1. The van der Waals surface area contributed by atoms with Crippen LogP contribution in [0.3, 0.4) is 0 Å². The molecule has 2 aromatic carbocycles. The van der Waals surface area contributed by atoms with Crippen LogP contribution in [0, 0.1) is 5.82 Å². The minimum atomic E-state index is -0.401. The molecule has 0 heterocycles. The lowest BCUT2D eigenvalue weighted by molar-refractivity contribution is -0.124. The third-order valence-electron chi connectivity index (χ3n) is 3.66. The van der Waals surface area contributed by atoms with Crippen LogP contribution in [0.25, 0.3) is 0 Å². The number of hydrazone groups is 1. The molecule has 2 amide bonds. The predicted octanol–water partition coefficient (Wildman–Crippen LogP) is 3.49. The third kappa shape index (κ3) is 7.61. The van der Waals surface area contributed by atoms with Crippen LogP contribution < -0.4 is 20.2 Å². The number of amides is 2. The van der Waals surface area contributed by atoms with Crippen LogP contribution in [0.2, 0.25) is 0 Å². The average Bonchev–Trinajstić information content (AvgIpc) is 2.69. The average molecular weight is 401 g/mol. The van der Waals surface area contributed by atoms with Gasteiger partial charge in [-0.15, -0.1) is 0 Å². The van der Waals surface area contributed by atoms with Gasteiger partial charge in [-0.05, 0) is 61.9 Å². The van der Waals surface area contributed by atoms with Crippen molar-refractivity contribution in [2.75, 3.05) is 12.4 Å². The Bertz CT molecular complexity index is 867. The topological polar surface area (TPSA) is 89.0 Å². The molecule has 0 saturated carbocycles. The molecule has 2 N–H and O–H groups in total. The summed E-state index contributed by atoms with van der Waals surface area (Å²) in [5.41, 5.74) is 3.55. The molecule has 7 nitrogen and oxygen atoms in total. The van der Waals surface area contributed by atoms with E-state index in [-0.39, 0.29) is 30.7 Å². The Morgan fingerprint density at radius 3 is 2.41 bits per heavy atom. The largest absolute Gasteiger partial charge is 0.493 e. The monoisotopic (exact) mass is 401 g/mol. The van der Waals surface area contributed by atoms with Crippen molar-refractivity contribution in [3.8, 4) is 11.5 Å². The molecular formula is C21H24FN3O4. The van der Waals surface area contributed by atoms with Crippen molar-refractivity contribution in [3.63, 3.8) is 0 Å². The number of nitrogens with one attached hydrogen (secondary N) is 2. The van der Waals surface area contributed by atoms with E-state index in [1.807, 2.05) is 13.8 Å². The molecule has 0 bridgehead atoms. The van der Waals surface area contributed by atoms with Gasteiger partial charge in [0.15, 0.2) is 11.5 Å². The molecule has 0 aliphatic heterocycles. The van der Waals surface area contributed by atoms with E-state index in [0.717, 1.165) is 0 Å². The normalized spacial score (nSPS) is 10.8. The van der Waals surface area contributed by atoms with Gasteiger partial charge < -0.3 is 14.8 Å². The summed E-state index contributed by atoms with van der Waals surface area (Å²) in [4.78, 5) is 23.7. The van der Waals surface area contributed by atoms with Crippen molar-refractivity contribution in [1.82, 2.24) is 5.43 Å². The van der Waals surface area contributed by atoms with Crippen LogP contribution >= 0.6 is 0 Å². The summed E-state index contributed by atoms with van der Waals surface area (Å²) in [7, 11) is 1.54. The Hall–Kier alpha value is -3.42. The lowest BCUT2D eigenvalue weighted by atomic mass is 10.2. The number of hydrogen-bond donors (Lipinski definition) is 2. The Morgan fingerprint density at radius 1 is 1.07 bits per heavy atom. The molecule has 2 aromatic rings. The fourth-order valence-electron chi connectivity index (χ4n) is 2.33. The Kier molecular flexibility index (Phi) is 8.14. The van der Waals surface area contributed by atoms with E-state index < -0.39 is 5.91 Å². The molecule has 0 unspecified atom stereocenters. The van der Waals surface area contributed by atoms with Gasteiger partial charge in [-0.3, -0.25) is 9.59 Å². The first kappa shape index (κ1) is 21.9. The van der Waals surface area contributed by atoms with Gasteiger partial charge in [-0.2, -0.15) is 5.10 Å². The highest BCUT2D eigenvalue weighted by atomic mass is 19.1. The Morgan fingerprint density at radius 2 is 1.76 bits per heavy atom. The van der Waals surface area contributed by atoms with Crippen molar-refractivity contribution in [3.05, 3.63) is 53.8 Å². The third-order valence-corrected chi connectivity index (χ3v) is 3.66. The minimum Gasteiger partial charge on any atom is -0.493 e. The van der Waals surface area contributed by atoms with Gasteiger partial charge in [0.25, 0.3) is 0 Å². The summed E-state index contributed by atoms with van der Waals surface area (Å²) in [6.07, 6.45) is 1.43. The van der Waals surface area contributed by atoms with Gasteiger partial charge in [0.2, 0.25) is 11.8 Å². The lowest BCUT2D eigenvalue weighted by Crippen LogP contribution is -2.20. The lowest BCUT2D eigenvalue weighted by Gasteiger charge is -2.13. The number of hydrogen-bond acceptors (Lipinski definition) is 5. The quantitative estimate of drug-likeness (QED) is 0.497. The second kappa shape index (κ2) is 10.8. The summed E-state index contributed by atoms with van der Waals surface area (Å²) < 4.78 is 23.8. The molecule has 0 radical (unpaired) electrons. The summed E-state index contributed by atoms with van der Waals surface area (Å²) >= 11 is 0. The van der Waals surface area contributed by atoms with Crippen LogP contribution in [0.15, 0.2) is 47.6 Å². The van der Waals surface area contributed by atoms with E-state index in [9.17, 15) is 14.0 Å². The fourth-order valence-corrected chi connectivity index (χ4v) is 2.33. The van der Waals surface area contributed by atoms with Crippen molar-refractivity contribution >= 4 is 23.7 Å². The first-order valence-corrected chi connectivity index (χ1v) is 9.09. The highest BCUT2D eigenvalue weighted by Gasteiger charge is 2.08. The molecule has 0 aliphatic rings. The number of ether oxygens (including phenoxy) is 2. The number of benzene rings is 2. The smallest absolute Gasteiger partial charge is 0.240 e. The molecule has 154 valence electrons. The molecule has 0 saturated heterocycles. The number of carbonyl (C=O) groups excluding carboxylic acids is 2. The molecule has 0 aliphatic carbocycles. The number of carbonyl (C=O) groups is 2. The molecule has 0 spiro atoms. The van der Waals surface area contributed by atoms with E-state index >= 15 is 0 Å². The zero-order valence-electron chi connectivity index (χ0n) is 16.6. The summed E-state index contributed by atoms with van der Waals surface area (Å²) in [5, 5.41) is 6.47. The second-order valence-corrected chi connectivity index (χ2v) is 6.43. The number of rotatable bonds is 9. The zero-order chi connectivity index (χ0) is 21.2. The van der Waals surface area contributed by atoms with E-state index in [0.29, 0.717) is 22.7 Å². The van der Waals surface area contributed by atoms with Gasteiger partial charge in [0.1, 0.15) is 5.82 Å². The van der Waals surface area contributed by atoms with Crippen molar-refractivity contribution < 1.29 is 23.5 Å². The summed E-state index contributed by atoms with van der Waals surface area (Å²) in [6.45, 7) is 3.84. The maximum absolute atomic E-state index is 12.8.